The van der Waals surface area contributed by atoms with Crippen molar-refractivity contribution in [2.45, 2.75) is 52.5 Å². The highest BCUT2D eigenvalue weighted by Crippen LogP contribution is 2.38. The Hall–Kier alpha value is -2.71. The van der Waals surface area contributed by atoms with Crippen molar-refractivity contribution in [1.29, 1.82) is 0 Å². The fraction of sp³-hybridized carbons (Fsp3) is 0.391. The number of aromatic nitrogens is 2. The maximum Gasteiger partial charge on any atom is 0.280 e. The summed E-state index contributed by atoms with van der Waals surface area (Å²) in [5.74, 6) is -0.812. The first-order chi connectivity index (χ1) is 15.4. The van der Waals surface area contributed by atoms with Gasteiger partial charge in [0.2, 0.25) is 5.43 Å². The lowest BCUT2D eigenvalue weighted by Crippen LogP contribution is -2.29. The van der Waals surface area contributed by atoms with E-state index in [0.717, 1.165) is 42.5 Å². The molecule has 0 fully saturated rings. The number of rotatable bonds is 6. The Bertz CT molecular complexity index is 1260. The van der Waals surface area contributed by atoms with Crippen molar-refractivity contribution >= 4 is 50.7 Å². The molecule has 168 valence electrons. The molecule has 1 aliphatic carbocycles. The molecule has 0 spiro atoms. The van der Waals surface area contributed by atoms with Gasteiger partial charge in [-0.3, -0.25) is 19.1 Å². The van der Waals surface area contributed by atoms with Crippen LogP contribution in [0.15, 0.2) is 23.0 Å². The summed E-state index contributed by atoms with van der Waals surface area (Å²) in [5.41, 5.74) is 1.45. The van der Waals surface area contributed by atoms with Crippen LogP contribution in [0.5, 0.6) is 0 Å². The average molecular weight is 473 g/mol. The summed E-state index contributed by atoms with van der Waals surface area (Å²) in [7, 11) is 0. The molecule has 0 radical (unpaired) electrons. The molecule has 0 atom stereocenters. The standard InChI is InChI=1S/C23H25ClN4O3S/c1-3-11-25-21(30)18-14-7-5-6-8-17(14)32-23(18)26-22(31)19-20(29)15-12-13(24)9-10-16(15)28(4-2)27-19/h9-10,12H,3-8,11H2,1-2H3,(H,25,30)(H,26,31). The SMILES string of the molecule is CCCNC(=O)c1c(NC(=O)c2nn(CC)c3ccc(Cl)cc3c2=O)sc2c1CCCC2. The van der Waals surface area contributed by atoms with Crippen LogP contribution in [-0.4, -0.2) is 28.1 Å². The molecule has 0 bridgehead atoms. The molecule has 2 aromatic heterocycles. The van der Waals surface area contributed by atoms with Crippen molar-refractivity contribution in [3.63, 3.8) is 0 Å². The Morgan fingerprint density at radius 2 is 1.97 bits per heavy atom. The van der Waals surface area contributed by atoms with Crippen LogP contribution in [0, 0.1) is 0 Å². The van der Waals surface area contributed by atoms with E-state index in [2.05, 4.69) is 15.7 Å². The highest BCUT2D eigenvalue weighted by Gasteiger charge is 2.27. The van der Waals surface area contributed by atoms with E-state index in [1.807, 2.05) is 13.8 Å². The summed E-state index contributed by atoms with van der Waals surface area (Å²) < 4.78 is 1.61. The van der Waals surface area contributed by atoms with Crippen molar-refractivity contribution in [3.05, 3.63) is 55.1 Å². The topological polar surface area (TPSA) is 93.1 Å². The number of nitrogens with zero attached hydrogens (tertiary/aromatic N) is 2. The van der Waals surface area contributed by atoms with Gasteiger partial charge in [-0.15, -0.1) is 11.3 Å². The van der Waals surface area contributed by atoms with E-state index in [4.69, 9.17) is 11.6 Å². The molecular formula is C23H25ClN4O3S. The number of aryl methyl sites for hydroxylation is 2. The highest BCUT2D eigenvalue weighted by atomic mass is 35.5. The number of carbonyl (C=O) groups is 2. The number of thiophene rings is 1. The fourth-order valence-electron chi connectivity index (χ4n) is 4.04. The predicted octanol–water partition coefficient (Wildman–Crippen LogP) is 4.40. The largest absolute Gasteiger partial charge is 0.352 e. The minimum Gasteiger partial charge on any atom is -0.352 e. The average Bonchev–Trinajstić information content (AvgIpc) is 3.15. The molecule has 2 heterocycles. The Labute approximate surface area is 194 Å². The van der Waals surface area contributed by atoms with Crippen molar-refractivity contribution in [3.8, 4) is 0 Å². The third-order valence-corrected chi connectivity index (χ3v) is 7.04. The van der Waals surface area contributed by atoms with Gasteiger partial charge in [-0.25, -0.2) is 0 Å². The predicted molar refractivity (Wildman–Crippen MR) is 128 cm³/mol. The van der Waals surface area contributed by atoms with Crippen molar-refractivity contribution < 1.29 is 9.59 Å². The van der Waals surface area contributed by atoms with Crippen LogP contribution in [0.4, 0.5) is 5.00 Å². The number of fused-ring (bicyclic) bond motifs is 2. The Balaban J connectivity index is 1.75. The van der Waals surface area contributed by atoms with Crippen LogP contribution >= 0.6 is 22.9 Å². The van der Waals surface area contributed by atoms with E-state index in [0.29, 0.717) is 39.6 Å². The first-order valence-corrected chi connectivity index (χ1v) is 12.1. The number of hydrogen-bond donors (Lipinski definition) is 2. The molecule has 1 aliphatic rings. The molecule has 2 N–H and O–H groups in total. The summed E-state index contributed by atoms with van der Waals surface area (Å²) >= 11 is 7.51. The molecule has 0 saturated carbocycles. The van der Waals surface area contributed by atoms with Crippen LogP contribution in [0.1, 0.15) is 64.4 Å². The molecule has 0 unspecified atom stereocenters. The number of hydrogen-bond acceptors (Lipinski definition) is 5. The van der Waals surface area contributed by atoms with Gasteiger partial charge in [-0.05, 0) is 62.8 Å². The number of nitrogens with one attached hydrogen (secondary N) is 2. The van der Waals surface area contributed by atoms with Crippen LogP contribution in [0.25, 0.3) is 10.9 Å². The maximum atomic E-state index is 13.2. The summed E-state index contributed by atoms with van der Waals surface area (Å²) in [6.07, 6.45) is 4.59. The number of amides is 2. The van der Waals surface area contributed by atoms with Gasteiger partial charge < -0.3 is 10.6 Å². The zero-order valence-corrected chi connectivity index (χ0v) is 19.7. The van der Waals surface area contributed by atoms with E-state index in [9.17, 15) is 14.4 Å². The zero-order valence-electron chi connectivity index (χ0n) is 18.1. The van der Waals surface area contributed by atoms with E-state index >= 15 is 0 Å². The quantitative estimate of drug-likeness (QED) is 0.556. The van der Waals surface area contributed by atoms with Crippen molar-refractivity contribution in [2.75, 3.05) is 11.9 Å². The normalized spacial score (nSPS) is 13.1. The Morgan fingerprint density at radius 1 is 1.19 bits per heavy atom. The van der Waals surface area contributed by atoms with Crippen molar-refractivity contribution in [1.82, 2.24) is 15.1 Å². The van der Waals surface area contributed by atoms with E-state index in [1.54, 1.807) is 22.9 Å². The monoisotopic (exact) mass is 472 g/mol. The summed E-state index contributed by atoms with van der Waals surface area (Å²) in [5, 5.41) is 11.3. The lowest BCUT2D eigenvalue weighted by molar-refractivity contribution is 0.0954. The van der Waals surface area contributed by atoms with Crippen LogP contribution < -0.4 is 16.1 Å². The van der Waals surface area contributed by atoms with Gasteiger partial charge in [0.1, 0.15) is 5.00 Å². The lowest BCUT2D eigenvalue weighted by Gasteiger charge is -2.13. The summed E-state index contributed by atoms with van der Waals surface area (Å²) in [4.78, 5) is 40.3. The second kappa shape index (κ2) is 9.42. The molecule has 7 nitrogen and oxygen atoms in total. The first kappa shape index (κ1) is 22.5. The second-order valence-electron chi connectivity index (χ2n) is 7.78. The summed E-state index contributed by atoms with van der Waals surface area (Å²) in [6.45, 7) is 4.92. The minimum absolute atomic E-state index is 0.189. The van der Waals surface area contributed by atoms with Crippen LogP contribution in [-0.2, 0) is 19.4 Å². The third kappa shape index (κ3) is 4.17. The second-order valence-corrected chi connectivity index (χ2v) is 9.32. The molecule has 4 rings (SSSR count). The smallest absolute Gasteiger partial charge is 0.280 e. The molecular weight excluding hydrogens is 448 g/mol. The molecule has 32 heavy (non-hydrogen) atoms. The van der Waals surface area contributed by atoms with Gasteiger partial charge in [0.25, 0.3) is 11.8 Å². The third-order valence-electron chi connectivity index (χ3n) is 5.59. The molecule has 1 aromatic carbocycles. The van der Waals surface area contributed by atoms with Gasteiger partial charge in [-0.1, -0.05) is 18.5 Å². The van der Waals surface area contributed by atoms with E-state index < -0.39 is 11.3 Å². The molecule has 9 heteroatoms. The zero-order chi connectivity index (χ0) is 22.8. The van der Waals surface area contributed by atoms with E-state index in [1.165, 1.54) is 11.3 Å². The number of carbonyl (C=O) groups excluding carboxylic acids is 2. The minimum atomic E-state index is -0.623. The maximum absolute atomic E-state index is 13.2. The Morgan fingerprint density at radius 3 is 2.72 bits per heavy atom. The molecule has 0 saturated heterocycles. The van der Waals surface area contributed by atoms with Crippen LogP contribution in [0.2, 0.25) is 5.02 Å². The van der Waals surface area contributed by atoms with E-state index in [-0.39, 0.29) is 11.6 Å². The first-order valence-electron chi connectivity index (χ1n) is 10.9. The fourth-order valence-corrected chi connectivity index (χ4v) is 5.49. The van der Waals surface area contributed by atoms with Gasteiger partial charge >= 0.3 is 0 Å². The van der Waals surface area contributed by atoms with Gasteiger partial charge in [0.15, 0.2) is 5.69 Å². The van der Waals surface area contributed by atoms with Gasteiger partial charge in [0.05, 0.1) is 16.5 Å². The van der Waals surface area contributed by atoms with Crippen LogP contribution in [0.3, 0.4) is 0 Å². The molecule has 0 aliphatic heterocycles. The summed E-state index contributed by atoms with van der Waals surface area (Å²) in [6, 6.07) is 4.96. The lowest BCUT2D eigenvalue weighted by atomic mass is 9.95. The number of halogens is 1. The highest BCUT2D eigenvalue weighted by molar-refractivity contribution is 7.17. The van der Waals surface area contributed by atoms with Crippen molar-refractivity contribution in [2.24, 2.45) is 0 Å². The Kier molecular flexibility index (Phi) is 6.62. The number of benzene rings is 1. The van der Waals surface area contributed by atoms with Gasteiger partial charge in [-0.2, -0.15) is 5.10 Å². The number of anilines is 1. The molecule has 2 amide bonds. The molecule has 3 aromatic rings. The van der Waals surface area contributed by atoms with Gasteiger partial charge in [0, 0.05) is 23.0 Å².